The van der Waals surface area contributed by atoms with E-state index in [1.807, 2.05) is 61.5 Å². The van der Waals surface area contributed by atoms with Gasteiger partial charge in [0.2, 0.25) is 0 Å². The number of benzene rings is 3. The van der Waals surface area contributed by atoms with E-state index in [9.17, 15) is 9.18 Å². The van der Waals surface area contributed by atoms with Gasteiger partial charge >= 0.3 is 0 Å². The molecule has 0 aliphatic heterocycles. The molecule has 5 heteroatoms. The first kappa shape index (κ1) is 20.3. The average molecular weight is 412 g/mol. The van der Waals surface area contributed by atoms with E-state index in [0.717, 1.165) is 16.7 Å². The molecule has 1 N–H and O–H groups in total. The molecule has 0 aliphatic carbocycles. The SMILES string of the molecule is Cc1n[nH]c(=O)c(C=Cc2ccc(F)cc2)c1-c1ccccc1OCc1ccccc1. The summed E-state index contributed by atoms with van der Waals surface area (Å²) in [6.45, 7) is 2.25. The van der Waals surface area contributed by atoms with Crippen LogP contribution in [0.3, 0.4) is 0 Å². The fourth-order valence-corrected chi connectivity index (χ4v) is 3.35. The van der Waals surface area contributed by atoms with Crippen LogP contribution in [0.1, 0.15) is 22.4 Å². The fraction of sp³-hybridized carbons (Fsp3) is 0.0769. The largest absolute Gasteiger partial charge is 0.488 e. The minimum absolute atomic E-state index is 0.306. The zero-order valence-electron chi connectivity index (χ0n) is 17.0. The summed E-state index contributed by atoms with van der Waals surface area (Å²) in [5.74, 6) is 0.359. The van der Waals surface area contributed by atoms with Gasteiger partial charge in [-0.3, -0.25) is 4.79 Å². The number of rotatable bonds is 6. The second-order valence-corrected chi connectivity index (χ2v) is 7.08. The maximum Gasteiger partial charge on any atom is 0.272 e. The van der Waals surface area contributed by atoms with Crippen LogP contribution in [0.4, 0.5) is 4.39 Å². The molecule has 0 radical (unpaired) electrons. The Hall–Kier alpha value is -3.99. The summed E-state index contributed by atoms with van der Waals surface area (Å²) >= 11 is 0. The van der Waals surface area contributed by atoms with Crippen LogP contribution in [-0.2, 0) is 6.61 Å². The Labute approximate surface area is 179 Å². The van der Waals surface area contributed by atoms with Gasteiger partial charge in [-0.25, -0.2) is 9.49 Å². The van der Waals surface area contributed by atoms with Crippen molar-refractivity contribution in [1.82, 2.24) is 10.2 Å². The van der Waals surface area contributed by atoms with E-state index in [0.29, 0.717) is 29.2 Å². The fourth-order valence-electron chi connectivity index (χ4n) is 3.35. The van der Waals surface area contributed by atoms with Crippen molar-refractivity contribution in [1.29, 1.82) is 0 Å². The maximum absolute atomic E-state index is 13.2. The van der Waals surface area contributed by atoms with Crippen molar-refractivity contribution >= 4 is 12.2 Å². The maximum atomic E-state index is 13.2. The van der Waals surface area contributed by atoms with Crippen LogP contribution in [0, 0.1) is 12.7 Å². The molecule has 0 saturated heterocycles. The molecule has 1 heterocycles. The first-order valence-electron chi connectivity index (χ1n) is 9.91. The third-order valence-corrected chi connectivity index (χ3v) is 4.91. The van der Waals surface area contributed by atoms with Gasteiger partial charge in [0.25, 0.3) is 5.56 Å². The molecule has 0 fully saturated rings. The van der Waals surface area contributed by atoms with Crippen molar-refractivity contribution in [3.8, 4) is 16.9 Å². The van der Waals surface area contributed by atoms with Gasteiger partial charge in [-0.05, 0) is 42.3 Å². The molecule has 3 aromatic carbocycles. The van der Waals surface area contributed by atoms with Crippen molar-refractivity contribution in [3.05, 3.63) is 117 Å². The van der Waals surface area contributed by atoms with E-state index in [-0.39, 0.29) is 11.4 Å². The van der Waals surface area contributed by atoms with Gasteiger partial charge in [0.05, 0.1) is 11.3 Å². The number of ether oxygens (including phenoxy) is 1. The van der Waals surface area contributed by atoms with Gasteiger partial charge in [0, 0.05) is 11.1 Å². The Morgan fingerprint density at radius 1 is 0.935 bits per heavy atom. The molecule has 0 amide bonds. The van der Waals surface area contributed by atoms with Crippen molar-refractivity contribution < 1.29 is 9.13 Å². The average Bonchev–Trinajstić information content (AvgIpc) is 2.80. The Bertz CT molecular complexity index is 1260. The molecule has 0 atom stereocenters. The lowest BCUT2D eigenvalue weighted by Crippen LogP contribution is -2.15. The smallest absolute Gasteiger partial charge is 0.272 e. The number of para-hydroxylation sites is 1. The third kappa shape index (κ3) is 4.78. The molecule has 0 aliphatic rings. The molecule has 1 aromatic heterocycles. The summed E-state index contributed by atoms with van der Waals surface area (Å²) < 4.78 is 19.3. The summed E-state index contributed by atoms with van der Waals surface area (Å²) in [7, 11) is 0. The minimum Gasteiger partial charge on any atom is -0.488 e. The van der Waals surface area contributed by atoms with E-state index in [1.165, 1.54) is 12.1 Å². The number of H-pyrrole nitrogens is 1. The molecule has 31 heavy (non-hydrogen) atoms. The molecule has 0 spiro atoms. The van der Waals surface area contributed by atoms with Crippen molar-refractivity contribution in [2.24, 2.45) is 0 Å². The van der Waals surface area contributed by atoms with Crippen LogP contribution in [0.2, 0.25) is 0 Å². The van der Waals surface area contributed by atoms with Crippen molar-refractivity contribution in [2.75, 3.05) is 0 Å². The zero-order valence-corrected chi connectivity index (χ0v) is 17.0. The molecule has 0 bridgehead atoms. The Morgan fingerprint density at radius 2 is 1.65 bits per heavy atom. The molecule has 4 nitrogen and oxygen atoms in total. The van der Waals surface area contributed by atoms with Gasteiger partial charge in [-0.2, -0.15) is 5.10 Å². The highest BCUT2D eigenvalue weighted by atomic mass is 19.1. The minimum atomic E-state index is -0.308. The van der Waals surface area contributed by atoms with Gasteiger partial charge in [-0.1, -0.05) is 66.7 Å². The third-order valence-electron chi connectivity index (χ3n) is 4.91. The summed E-state index contributed by atoms with van der Waals surface area (Å²) in [5, 5.41) is 6.71. The molecular formula is C26H21FN2O2. The number of aryl methyl sites for hydroxylation is 1. The number of hydrogen-bond acceptors (Lipinski definition) is 3. The highest BCUT2D eigenvalue weighted by Gasteiger charge is 2.16. The molecule has 0 saturated carbocycles. The van der Waals surface area contributed by atoms with E-state index in [1.54, 1.807) is 24.3 Å². The highest BCUT2D eigenvalue weighted by Crippen LogP contribution is 2.34. The number of halogens is 1. The van der Waals surface area contributed by atoms with E-state index in [2.05, 4.69) is 10.2 Å². The molecule has 4 rings (SSSR count). The first-order chi connectivity index (χ1) is 15.1. The number of nitrogens with zero attached hydrogens (tertiary/aromatic N) is 1. The summed E-state index contributed by atoms with van der Waals surface area (Å²) in [5.41, 5.74) is 4.15. The number of aromatic amines is 1. The Balaban J connectivity index is 1.74. The predicted octanol–water partition coefficient (Wildman–Crippen LogP) is 5.63. The van der Waals surface area contributed by atoms with E-state index < -0.39 is 0 Å². The van der Waals surface area contributed by atoms with Crippen molar-refractivity contribution in [2.45, 2.75) is 13.5 Å². The quantitative estimate of drug-likeness (QED) is 0.446. The van der Waals surface area contributed by atoms with Crippen LogP contribution < -0.4 is 10.3 Å². The normalized spacial score (nSPS) is 11.0. The second kappa shape index (κ2) is 9.22. The Morgan fingerprint density at radius 3 is 2.42 bits per heavy atom. The molecule has 0 unspecified atom stereocenters. The molecule has 4 aromatic rings. The first-order valence-corrected chi connectivity index (χ1v) is 9.91. The van der Waals surface area contributed by atoms with Gasteiger partial charge in [-0.15, -0.1) is 0 Å². The monoisotopic (exact) mass is 412 g/mol. The standard InChI is InChI=1S/C26H21FN2O2/c1-18-25(22-9-5-6-10-24(22)31-17-20-7-3-2-4-8-20)23(26(30)29-28-18)16-13-19-11-14-21(27)15-12-19/h2-16H,17H2,1H3,(H,29,30). The summed E-state index contributed by atoms with van der Waals surface area (Å²) in [4.78, 5) is 12.7. The van der Waals surface area contributed by atoms with Crippen LogP contribution in [0.5, 0.6) is 5.75 Å². The lowest BCUT2D eigenvalue weighted by molar-refractivity contribution is 0.307. The van der Waals surface area contributed by atoms with E-state index in [4.69, 9.17) is 4.74 Å². The lowest BCUT2D eigenvalue weighted by atomic mass is 9.98. The summed E-state index contributed by atoms with van der Waals surface area (Å²) in [6.07, 6.45) is 3.50. The van der Waals surface area contributed by atoms with Crippen LogP contribution in [-0.4, -0.2) is 10.2 Å². The van der Waals surface area contributed by atoms with Crippen molar-refractivity contribution in [3.63, 3.8) is 0 Å². The van der Waals surface area contributed by atoms with Crippen LogP contribution in [0.25, 0.3) is 23.3 Å². The predicted molar refractivity (Wildman–Crippen MR) is 121 cm³/mol. The van der Waals surface area contributed by atoms with Gasteiger partial charge in [0.15, 0.2) is 0 Å². The number of aromatic nitrogens is 2. The van der Waals surface area contributed by atoms with Crippen LogP contribution in [0.15, 0.2) is 83.7 Å². The van der Waals surface area contributed by atoms with E-state index >= 15 is 0 Å². The van der Waals surface area contributed by atoms with Gasteiger partial charge < -0.3 is 4.74 Å². The molecule has 154 valence electrons. The highest BCUT2D eigenvalue weighted by molar-refractivity contribution is 5.84. The second-order valence-electron chi connectivity index (χ2n) is 7.08. The lowest BCUT2D eigenvalue weighted by Gasteiger charge is -2.14. The Kier molecular flexibility index (Phi) is 6.03. The summed E-state index contributed by atoms with van der Waals surface area (Å²) in [6, 6.07) is 23.6. The molecular weight excluding hydrogens is 391 g/mol. The van der Waals surface area contributed by atoms with Crippen LogP contribution >= 0.6 is 0 Å². The zero-order chi connectivity index (χ0) is 21.6. The van der Waals surface area contributed by atoms with Gasteiger partial charge in [0.1, 0.15) is 18.2 Å². The number of hydrogen-bond donors (Lipinski definition) is 1. The topological polar surface area (TPSA) is 55.0 Å². The number of nitrogens with one attached hydrogen (secondary N) is 1.